The van der Waals surface area contributed by atoms with E-state index in [-0.39, 0.29) is 6.10 Å². The number of hydrogen-bond acceptors (Lipinski definition) is 6. The van der Waals surface area contributed by atoms with Gasteiger partial charge in [0.1, 0.15) is 11.6 Å². The van der Waals surface area contributed by atoms with E-state index in [0.717, 1.165) is 31.1 Å². The lowest BCUT2D eigenvalue weighted by molar-refractivity contribution is 0.121. The van der Waals surface area contributed by atoms with Gasteiger partial charge in [0.05, 0.1) is 6.10 Å². The number of aromatic nitrogens is 2. The van der Waals surface area contributed by atoms with E-state index in [9.17, 15) is 0 Å². The van der Waals surface area contributed by atoms with Crippen LogP contribution in [0.4, 0.5) is 17.6 Å². The van der Waals surface area contributed by atoms with Crippen LogP contribution in [0.3, 0.4) is 0 Å². The summed E-state index contributed by atoms with van der Waals surface area (Å²) < 4.78 is 5.32. The van der Waals surface area contributed by atoms with Crippen molar-refractivity contribution >= 4 is 17.6 Å². The summed E-state index contributed by atoms with van der Waals surface area (Å²) in [6.45, 7) is 1.80. The lowest BCUT2D eigenvalue weighted by atomic mass is 10.3. The summed E-state index contributed by atoms with van der Waals surface area (Å²) in [5.41, 5.74) is 5.65. The molecule has 16 heavy (non-hydrogen) atoms. The van der Waals surface area contributed by atoms with Gasteiger partial charge in [-0.1, -0.05) is 0 Å². The van der Waals surface area contributed by atoms with Gasteiger partial charge in [-0.15, -0.1) is 0 Å². The van der Waals surface area contributed by atoms with Gasteiger partial charge in [-0.05, 0) is 6.42 Å². The molecule has 0 bridgehead atoms. The molecule has 88 valence electrons. The maximum Gasteiger partial charge on any atom is 0.223 e. The van der Waals surface area contributed by atoms with Crippen LogP contribution in [0, 0.1) is 0 Å². The minimum absolute atomic E-state index is 0.286. The van der Waals surface area contributed by atoms with Crippen LogP contribution in [-0.4, -0.2) is 43.3 Å². The maximum atomic E-state index is 5.65. The van der Waals surface area contributed by atoms with E-state index >= 15 is 0 Å². The summed E-state index contributed by atoms with van der Waals surface area (Å²) in [6.07, 6.45) is 1.31. The van der Waals surface area contributed by atoms with E-state index in [1.165, 1.54) is 0 Å². The van der Waals surface area contributed by atoms with Crippen LogP contribution in [0.2, 0.25) is 0 Å². The molecule has 1 saturated heterocycles. The summed E-state index contributed by atoms with van der Waals surface area (Å²) in [6, 6.07) is 1.90. The zero-order valence-electron chi connectivity index (χ0n) is 9.60. The van der Waals surface area contributed by atoms with Gasteiger partial charge in [-0.2, -0.15) is 9.97 Å². The largest absolute Gasteiger partial charge is 0.380 e. The normalized spacial score (nSPS) is 20.1. The van der Waals surface area contributed by atoms with Gasteiger partial charge in [-0.25, -0.2) is 0 Å². The second-order valence-corrected chi connectivity index (χ2v) is 3.81. The molecule has 1 aromatic heterocycles. The molecule has 1 fully saturated rings. The third-order valence-corrected chi connectivity index (χ3v) is 2.79. The highest BCUT2D eigenvalue weighted by molar-refractivity contribution is 5.52. The SMILES string of the molecule is CNc1cc(N2CCC(OC)C2)nc(N)n1. The van der Waals surface area contributed by atoms with Crippen LogP contribution in [0.1, 0.15) is 6.42 Å². The van der Waals surface area contributed by atoms with Gasteiger partial charge in [0.25, 0.3) is 0 Å². The Hall–Kier alpha value is -1.56. The summed E-state index contributed by atoms with van der Waals surface area (Å²) in [4.78, 5) is 10.4. The van der Waals surface area contributed by atoms with Crippen molar-refractivity contribution in [1.82, 2.24) is 9.97 Å². The Morgan fingerprint density at radius 3 is 3.00 bits per heavy atom. The average Bonchev–Trinajstić information content (AvgIpc) is 2.76. The predicted molar refractivity (Wildman–Crippen MR) is 63.6 cm³/mol. The molecule has 1 unspecified atom stereocenters. The first-order valence-electron chi connectivity index (χ1n) is 5.33. The fourth-order valence-corrected chi connectivity index (χ4v) is 1.87. The molecule has 0 spiro atoms. The van der Waals surface area contributed by atoms with Crippen LogP contribution < -0.4 is 16.0 Å². The molecule has 1 atom stereocenters. The fourth-order valence-electron chi connectivity index (χ4n) is 1.87. The molecule has 0 aromatic carbocycles. The fraction of sp³-hybridized carbons (Fsp3) is 0.600. The Morgan fingerprint density at radius 2 is 2.38 bits per heavy atom. The first-order valence-corrected chi connectivity index (χ1v) is 5.33. The first-order chi connectivity index (χ1) is 7.72. The molecule has 1 aliphatic rings. The molecule has 6 heteroatoms. The highest BCUT2D eigenvalue weighted by atomic mass is 16.5. The van der Waals surface area contributed by atoms with Crippen LogP contribution in [0.25, 0.3) is 0 Å². The van der Waals surface area contributed by atoms with Crippen molar-refractivity contribution in [3.05, 3.63) is 6.07 Å². The smallest absolute Gasteiger partial charge is 0.223 e. The van der Waals surface area contributed by atoms with Crippen LogP contribution >= 0.6 is 0 Å². The van der Waals surface area contributed by atoms with Crippen LogP contribution in [0.5, 0.6) is 0 Å². The Kier molecular flexibility index (Phi) is 3.09. The number of rotatable bonds is 3. The average molecular weight is 223 g/mol. The molecule has 6 nitrogen and oxygen atoms in total. The van der Waals surface area contributed by atoms with E-state index in [1.807, 2.05) is 13.1 Å². The van der Waals surface area contributed by atoms with Crippen molar-refractivity contribution in [2.75, 3.05) is 43.2 Å². The molecule has 1 aliphatic heterocycles. The van der Waals surface area contributed by atoms with Crippen molar-refractivity contribution in [3.63, 3.8) is 0 Å². The van der Waals surface area contributed by atoms with E-state index in [1.54, 1.807) is 7.11 Å². The standard InChI is InChI=1S/C10H17N5O/c1-12-8-5-9(14-10(11)13-8)15-4-3-7(6-15)16-2/h5,7H,3-4,6H2,1-2H3,(H3,11,12,13,14). The number of nitrogens with one attached hydrogen (secondary N) is 1. The molecule has 2 heterocycles. The highest BCUT2D eigenvalue weighted by Gasteiger charge is 2.23. The van der Waals surface area contributed by atoms with Crippen molar-refractivity contribution < 1.29 is 4.74 Å². The van der Waals surface area contributed by atoms with Crippen molar-refractivity contribution in [3.8, 4) is 0 Å². The number of nitrogen functional groups attached to an aromatic ring is 1. The van der Waals surface area contributed by atoms with E-state index < -0.39 is 0 Å². The third-order valence-electron chi connectivity index (χ3n) is 2.79. The Bertz CT molecular complexity index is 370. The second-order valence-electron chi connectivity index (χ2n) is 3.81. The number of methoxy groups -OCH3 is 1. The van der Waals surface area contributed by atoms with Crippen molar-refractivity contribution in [1.29, 1.82) is 0 Å². The zero-order valence-corrected chi connectivity index (χ0v) is 9.60. The van der Waals surface area contributed by atoms with Crippen LogP contribution in [0.15, 0.2) is 6.07 Å². The zero-order chi connectivity index (χ0) is 11.5. The van der Waals surface area contributed by atoms with Gasteiger partial charge in [-0.3, -0.25) is 0 Å². The summed E-state index contributed by atoms with van der Waals surface area (Å²) >= 11 is 0. The van der Waals surface area contributed by atoms with E-state index in [0.29, 0.717) is 5.95 Å². The van der Waals surface area contributed by atoms with Gasteiger partial charge in [0.15, 0.2) is 0 Å². The number of hydrogen-bond donors (Lipinski definition) is 2. The Morgan fingerprint density at radius 1 is 1.56 bits per heavy atom. The van der Waals surface area contributed by atoms with Gasteiger partial charge >= 0.3 is 0 Å². The predicted octanol–water partition coefficient (Wildman–Crippen LogP) is 0.326. The highest BCUT2D eigenvalue weighted by Crippen LogP contribution is 2.22. The minimum Gasteiger partial charge on any atom is -0.380 e. The van der Waals surface area contributed by atoms with Gasteiger partial charge < -0.3 is 20.7 Å². The number of ether oxygens (including phenoxy) is 1. The summed E-state index contributed by atoms with van der Waals surface area (Å²) in [7, 11) is 3.55. The summed E-state index contributed by atoms with van der Waals surface area (Å²) in [5.74, 6) is 1.89. The molecular weight excluding hydrogens is 206 g/mol. The molecule has 0 radical (unpaired) electrons. The monoisotopic (exact) mass is 223 g/mol. The Labute approximate surface area is 94.8 Å². The minimum atomic E-state index is 0.286. The van der Waals surface area contributed by atoms with Crippen molar-refractivity contribution in [2.24, 2.45) is 0 Å². The molecule has 3 N–H and O–H groups in total. The molecule has 2 rings (SSSR count). The Balaban J connectivity index is 2.17. The molecule has 0 amide bonds. The quantitative estimate of drug-likeness (QED) is 0.769. The second kappa shape index (κ2) is 4.52. The molecular formula is C10H17N5O. The molecule has 0 saturated carbocycles. The molecule has 0 aliphatic carbocycles. The van der Waals surface area contributed by atoms with E-state index in [4.69, 9.17) is 10.5 Å². The van der Waals surface area contributed by atoms with E-state index in [2.05, 4.69) is 20.2 Å². The first kappa shape index (κ1) is 10.9. The number of nitrogens with two attached hydrogens (primary N) is 1. The number of nitrogens with zero attached hydrogens (tertiary/aromatic N) is 3. The van der Waals surface area contributed by atoms with Crippen LogP contribution in [-0.2, 0) is 4.74 Å². The number of anilines is 3. The maximum absolute atomic E-state index is 5.65. The van der Waals surface area contributed by atoms with Gasteiger partial charge in [0.2, 0.25) is 5.95 Å². The lowest BCUT2D eigenvalue weighted by Crippen LogP contribution is -2.23. The van der Waals surface area contributed by atoms with Crippen molar-refractivity contribution in [2.45, 2.75) is 12.5 Å². The summed E-state index contributed by atoms with van der Waals surface area (Å²) in [5, 5.41) is 2.97. The lowest BCUT2D eigenvalue weighted by Gasteiger charge is -2.17. The topological polar surface area (TPSA) is 76.3 Å². The van der Waals surface area contributed by atoms with Gasteiger partial charge in [0, 0.05) is 33.3 Å². The molecule has 1 aromatic rings. The third kappa shape index (κ3) is 2.16.